The zero-order valence-electron chi connectivity index (χ0n) is 11.2. The summed E-state index contributed by atoms with van der Waals surface area (Å²) in [7, 11) is 3.16. The van der Waals surface area contributed by atoms with Crippen LogP contribution in [0.25, 0.3) is 0 Å². The lowest BCUT2D eigenvalue weighted by Gasteiger charge is -2.18. The molecule has 5 heteroatoms. The van der Waals surface area contributed by atoms with Crippen molar-refractivity contribution in [3.8, 4) is 11.5 Å². The first-order valence-corrected chi connectivity index (χ1v) is 6.05. The van der Waals surface area contributed by atoms with Gasteiger partial charge in [-0.2, -0.15) is 0 Å². The Morgan fingerprint density at radius 2 is 1.83 bits per heavy atom. The Kier molecular flexibility index (Phi) is 7.45. The van der Waals surface area contributed by atoms with Crippen molar-refractivity contribution in [1.82, 2.24) is 0 Å². The third-order valence-corrected chi connectivity index (χ3v) is 3.03. The van der Waals surface area contributed by atoms with E-state index in [0.717, 1.165) is 12.0 Å². The number of ether oxygens (including phenoxy) is 2. The minimum Gasteiger partial charge on any atom is -0.493 e. The van der Waals surface area contributed by atoms with Crippen LogP contribution in [0.5, 0.6) is 11.5 Å². The lowest BCUT2D eigenvalue weighted by atomic mass is 9.97. The summed E-state index contributed by atoms with van der Waals surface area (Å²) in [5, 5.41) is 0.542. The highest BCUT2D eigenvalue weighted by Gasteiger charge is 2.18. The van der Waals surface area contributed by atoms with Crippen LogP contribution in [0.2, 0.25) is 5.02 Å². The molecule has 0 saturated heterocycles. The topological polar surface area (TPSA) is 44.5 Å². The molecule has 0 bridgehead atoms. The maximum atomic E-state index is 6.29. The third-order valence-electron chi connectivity index (χ3n) is 2.64. The van der Waals surface area contributed by atoms with Crippen molar-refractivity contribution >= 4 is 24.0 Å². The fourth-order valence-corrected chi connectivity index (χ4v) is 2.20. The fraction of sp³-hybridized carbons (Fsp3) is 0.538. The lowest BCUT2D eigenvalue weighted by Crippen LogP contribution is -2.13. The maximum Gasteiger partial charge on any atom is 0.179 e. The summed E-state index contributed by atoms with van der Waals surface area (Å²) in [6, 6.07) is 3.65. The van der Waals surface area contributed by atoms with Crippen LogP contribution in [0.1, 0.15) is 31.9 Å². The van der Waals surface area contributed by atoms with Gasteiger partial charge in [0.05, 0.1) is 19.2 Å². The van der Waals surface area contributed by atoms with Crippen molar-refractivity contribution in [2.75, 3.05) is 14.2 Å². The number of benzene rings is 1. The Morgan fingerprint density at radius 1 is 1.22 bits per heavy atom. The Morgan fingerprint density at radius 3 is 2.28 bits per heavy atom. The van der Waals surface area contributed by atoms with Gasteiger partial charge in [-0.25, -0.2) is 0 Å². The van der Waals surface area contributed by atoms with Gasteiger partial charge in [-0.15, -0.1) is 12.4 Å². The predicted molar refractivity (Wildman–Crippen MR) is 78.2 cm³/mol. The Bertz CT molecular complexity index is 383. The summed E-state index contributed by atoms with van der Waals surface area (Å²) < 4.78 is 10.4. The van der Waals surface area contributed by atoms with Crippen molar-refractivity contribution in [3.05, 3.63) is 22.7 Å². The second-order valence-corrected chi connectivity index (χ2v) is 4.82. The first-order valence-electron chi connectivity index (χ1n) is 5.67. The molecule has 3 nitrogen and oxygen atoms in total. The summed E-state index contributed by atoms with van der Waals surface area (Å²) in [5.74, 6) is 1.69. The van der Waals surface area contributed by atoms with E-state index in [0.29, 0.717) is 22.4 Å². The first-order chi connectivity index (χ1) is 8.01. The summed E-state index contributed by atoms with van der Waals surface area (Å²) in [4.78, 5) is 0. The molecule has 0 aliphatic carbocycles. The van der Waals surface area contributed by atoms with E-state index >= 15 is 0 Å². The van der Waals surface area contributed by atoms with Gasteiger partial charge in [-0.3, -0.25) is 0 Å². The van der Waals surface area contributed by atoms with Crippen LogP contribution in [-0.2, 0) is 0 Å². The van der Waals surface area contributed by atoms with E-state index in [1.165, 1.54) is 0 Å². The standard InChI is InChI=1S/C13H20ClNO2.ClH/c1-8(2)7-10(15)9-5-6-11(16-3)13(17-4)12(9)14;/h5-6,8,10H,7,15H2,1-4H3;1H/t10-;/m1./s1. The van der Waals surface area contributed by atoms with Crippen molar-refractivity contribution in [3.63, 3.8) is 0 Å². The molecule has 104 valence electrons. The smallest absolute Gasteiger partial charge is 0.179 e. The van der Waals surface area contributed by atoms with Crippen LogP contribution in [0, 0.1) is 5.92 Å². The van der Waals surface area contributed by atoms with Crippen molar-refractivity contribution < 1.29 is 9.47 Å². The first kappa shape index (κ1) is 17.4. The van der Waals surface area contributed by atoms with Crippen LogP contribution in [0.15, 0.2) is 12.1 Å². The monoisotopic (exact) mass is 293 g/mol. The van der Waals surface area contributed by atoms with Gasteiger partial charge < -0.3 is 15.2 Å². The molecule has 0 spiro atoms. The van der Waals surface area contributed by atoms with Gasteiger partial charge in [0.2, 0.25) is 0 Å². The minimum atomic E-state index is -0.0812. The molecule has 1 aromatic carbocycles. The van der Waals surface area contributed by atoms with Gasteiger partial charge in [0.25, 0.3) is 0 Å². The average Bonchev–Trinajstić information content (AvgIpc) is 2.27. The molecular formula is C13H21Cl2NO2. The SMILES string of the molecule is COc1ccc([C@H](N)CC(C)C)c(Cl)c1OC.Cl. The van der Waals surface area contributed by atoms with Gasteiger partial charge in [-0.1, -0.05) is 31.5 Å². The zero-order chi connectivity index (χ0) is 13.0. The largest absolute Gasteiger partial charge is 0.493 e. The second-order valence-electron chi connectivity index (χ2n) is 4.44. The molecular weight excluding hydrogens is 273 g/mol. The zero-order valence-corrected chi connectivity index (χ0v) is 12.8. The van der Waals surface area contributed by atoms with Crippen molar-refractivity contribution in [1.29, 1.82) is 0 Å². The molecule has 0 heterocycles. The molecule has 0 aliphatic rings. The van der Waals surface area contributed by atoms with Gasteiger partial charge in [-0.05, 0) is 24.0 Å². The van der Waals surface area contributed by atoms with Crippen molar-refractivity contribution in [2.24, 2.45) is 11.7 Å². The molecule has 0 aliphatic heterocycles. The third kappa shape index (κ3) is 3.94. The summed E-state index contributed by atoms with van der Waals surface area (Å²) in [6.45, 7) is 4.27. The van der Waals surface area contributed by atoms with Crippen LogP contribution in [0.4, 0.5) is 0 Å². The van der Waals surface area contributed by atoms with Gasteiger partial charge in [0.1, 0.15) is 0 Å². The number of methoxy groups -OCH3 is 2. The quantitative estimate of drug-likeness (QED) is 0.897. The molecule has 1 atom stereocenters. The van der Waals surface area contributed by atoms with Gasteiger partial charge in [0.15, 0.2) is 11.5 Å². The highest BCUT2D eigenvalue weighted by molar-refractivity contribution is 6.33. The lowest BCUT2D eigenvalue weighted by molar-refractivity contribution is 0.354. The maximum absolute atomic E-state index is 6.29. The van der Waals surface area contributed by atoms with E-state index in [-0.39, 0.29) is 18.4 Å². The molecule has 1 aromatic rings. The van der Waals surface area contributed by atoms with E-state index in [4.69, 9.17) is 26.8 Å². The van der Waals surface area contributed by atoms with Crippen molar-refractivity contribution in [2.45, 2.75) is 26.3 Å². The van der Waals surface area contributed by atoms with E-state index in [1.54, 1.807) is 14.2 Å². The number of halogens is 2. The summed E-state index contributed by atoms with van der Waals surface area (Å²) in [5.41, 5.74) is 7.03. The minimum absolute atomic E-state index is 0. The van der Waals surface area contributed by atoms with Gasteiger partial charge in [0, 0.05) is 6.04 Å². The van der Waals surface area contributed by atoms with E-state index in [1.807, 2.05) is 12.1 Å². The molecule has 0 aromatic heterocycles. The van der Waals surface area contributed by atoms with Gasteiger partial charge >= 0.3 is 0 Å². The van der Waals surface area contributed by atoms with Crippen LogP contribution in [0.3, 0.4) is 0 Å². The fourth-order valence-electron chi connectivity index (χ4n) is 1.83. The Labute approximate surface area is 120 Å². The molecule has 1 rings (SSSR count). The molecule has 0 unspecified atom stereocenters. The van der Waals surface area contributed by atoms with Crippen LogP contribution >= 0.6 is 24.0 Å². The summed E-state index contributed by atoms with van der Waals surface area (Å²) >= 11 is 6.29. The number of nitrogens with two attached hydrogens (primary N) is 1. The van der Waals surface area contributed by atoms with Crippen LogP contribution < -0.4 is 15.2 Å². The highest BCUT2D eigenvalue weighted by atomic mass is 35.5. The Hall–Kier alpha value is -0.640. The molecule has 2 N–H and O–H groups in total. The van der Waals surface area contributed by atoms with E-state index < -0.39 is 0 Å². The molecule has 0 amide bonds. The number of hydrogen-bond donors (Lipinski definition) is 1. The van der Waals surface area contributed by atoms with E-state index in [2.05, 4.69) is 13.8 Å². The molecule has 0 saturated carbocycles. The number of rotatable bonds is 5. The molecule has 18 heavy (non-hydrogen) atoms. The normalized spacial score (nSPS) is 11.9. The highest BCUT2D eigenvalue weighted by Crippen LogP contribution is 2.40. The van der Waals surface area contributed by atoms with E-state index in [9.17, 15) is 0 Å². The molecule has 0 radical (unpaired) electrons. The number of hydrogen-bond acceptors (Lipinski definition) is 3. The second kappa shape index (κ2) is 7.72. The molecule has 0 fully saturated rings. The van der Waals surface area contributed by atoms with Crippen LogP contribution in [-0.4, -0.2) is 14.2 Å². The summed E-state index contributed by atoms with van der Waals surface area (Å²) in [6.07, 6.45) is 0.884. The average molecular weight is 294 g/mol. The predicted octanol–water partition coefficient (Wildman–Crippen LogP) is 3.82. The Balaban J connectivity index is 0.00000289.